The van der Waals surface area contributed by atoms with Gasteiger partial charge in [0.1, 0.15) is 0 Å². The van der Waals surface area contributed by atoms with Crippen LogP contribution >= 0.6 is 0 Å². The number of hydrogen-bond donors (Lipinski definition) is 0. The molecule has 0 fully saturated rings. The van der Waals surface area contributed by atoms with Gasteiger partial charge in [-0.1, -0.05) is 19.9 Å². The van der Waals surface area contributed by atoms with Crippen molar-refractivity contribution in [1.82, 2.24) is 4.90 Å². The Kier molecular flexibility index (Phi) is 4.74. The van der Waals surface area contributed by atoms with Gasteiger partial charge in [-0.3, -0.25) is 0 Å². The van der Waals surface area contributed by atoms with Crippen molar-refractivity contribution in [1.29, 1.82) is 0 Å². The van der Waals surface area contributed by atoms with E-state index >= 15 is 0 Å². The Bertz CT molecular complexity index is 339. The van der Waals surface area contributed by atoms with Crippen LogP contribution in [0.1, 0.15) is 19.4 Å². The van der Waals surface area contributed by atoms with Gasteiger partial charge in [-0.15, -0.1) is 0 Å². The maximum absolute atomic E-state index is 13.2. The molecule has 0 saturated heterocycles. The molecule has 0 heterocycles. The third kappa shape index (κ3) is 3.81. The van der Waals surface area contributed by atoms with Crippen LogP contribution in [-0.2, 0) is 6.54 Å². The van der Waals surface area contributed by atoms with Crippen LogP contribution in [0.2, 0.25) is 0 Å². The summed E-state index contributed by atoms with van der Waals surface area (Å²) < 4.78 is 18.1. The summed E-state index contributed by atoms with van der Waals surface area (Å²) in [6.07, 6.45) is 0. The molecule has 3 heteroatoms. The zero-order valence-corrected chi connectivity index (χ0v) is 10.5. The summed E-state index contributed by atoms with van der Waals surface area (Å²) in [7, 11) is 3.55. The quantitative estimate of drug-likeness (QED) is 0.764. The van der Waals surface area contributed by atoms with Crippen molar-refractivity contribution in [3.05, 3.63) is 29.6 Å². The molecular formula is C13H20FNO. The summed E-state index contributed by atoms with van der Waals surface area (Å²) in [5.41, 5.74) is 1.07. The predicted octanol–water partition coefficient (Wildman–Crippen LogP) is 2.92. The number of methoxy groups -OCH3 is 1. The smallest absolute Gasteiger partial charge is 0.165 e. The van der Waals surface area contributed by atoms with Gasteiger partial charge in [0.15, 0.2) is 11.6 Å². The van der Waals surface area contributed by atoms with E-state index in [1.165, 1.54) is 13.2 Å². The number of nitrogens with zero attached hydrogens (tertiary/aromatic N) is 1. The van der Waals surface area contributed by atoms with Crippen LogP contribution in [0, 0.1) is 11.7 Å². The van der Waals surface area contributed by atoms with Crippen molar-refractivity contribution in [3.63, 3.8) is 0 Å². The highest BCUT2D eigenvalue weighted by Gasteiger charge is 2.06. The third-order valence-electron chi connectivity index (χ3n) is 2.34. The first kappa shape index (κ1) is 13.0. The summed E-state index contributed by atoms with van der Waals surface area (Å²) in [6, 6.07) is 5.01. The molecule has 0 unspecified atom stereocenters. The van der Waals surface area contributed by atoms with Gasteiger partial charge in [0, 0.05) is 13.1 Å². The first-order valence-corrected chi connectivity index (χ1v) is 5.54. The highest BCUT2D eigenvalue weighted by atomic mass is 19.1. The Morgan fingerprint density at radius 3 is 2.62 bits per heavy atom. The van der Waals surface area contributed by atoms with E-state index in [4.69, 9.17) is 4.74 Å². The summed E-state index contributed by atoms with van der Waals surface area (Å²) >= 11 is 0. The van der Waals surface area contributed by atoms with E-state index in [-0.39, 0.29) is 5.82 Å². The molecule has 1 aromatic rings. The SMILES string of the molecule is COc1cc(CN(C)CC(C)C)ccc1F. The minimum Gasteiger partial charge on any atom is -0.494 e. The van der Waals surface area contributed by atoms with Gasteiger partial charge in [-0.2, -0.15) is 0 Å². The van der Waals surface area contributed by atoms with Gasteiger partial charge in [0.25, 0.3) is 0 Å². The monoisotopic (exact) mass is 225 g/mol. The molecule has 0 bridgehead atoms. The summed E-state index contributed by atoms with van der Waals surface area (Å²) in [5.74, 6) is 0.639. The van der Waals surface area contributed by atoms with Crippen molar-refractivity contribution >= 4 is 0 Å². The van der Waals surface area contributed by atoms with E-state index in [0.717, 1.165) is 18.7 Å². The molecule has 90 valence electrons. The lowest BCUT2D eigenvalue weighted by molar-refractivity contribution is 0.287. The molecule has 1 aromatic carbocycles. The van der Waals surface area contributed by atoms with Crippen LogP contribution < -0.4 is 4.74 Å². The van der Waals surface area contributed by atoms with Crippen LogP contribution in [0.15, 0.2) is 18.2 Å². The molecule has 0 aliphatic rings. The molecule has 0 aliphatic heterocycles. The minimum atomic E-state index is -0.308. The van der Waals surface area contributed by atoms with Gasteiger partial charge < -0.3 is 9.64 Å². The standard InChI is InChI=1S/C13H20FNO/c1-10(2)8-15(3)9-11-5-6-12(14)13(7-11)16-4/h5-7,10H,8-9H2,1-4H3. The second-order valence-electron chi connectivity index (χ2n) is 4.56. The highest BCUT2D eigenvalue weighted by molar-refractivity contribution is 5.30. The first-order valence-electron chi connectivity index (χ1n) is 5.54. The van der Waals surface area contributed by atoms with E-state index in [0.29, 0.717) is 11.7 Å². The molecule has 0 amide bonds. The lowest BCUT2D eigenvalue weighted by Crippen LogP contribution is -2.22. The summed E-state index contributed by atoms with van der Waals surface area (Å²) in [5, 5.41) is 0. The maximum Gasteiger partial charge on any atom is 0.165 e. The number of halogens is 1. The predicted molar refractivity (Wildman–Crippen MR) is 64.1 cm³/mol. The van der Waals surface area contributed by atoms with Gasteiger partial charge >= 0.3 is 0 Å². The fraction of sp³-hybridized carbons (Fsp3) is 0.538. The second-order valence-corrected chi connectivity index (χ2v) is 4.56. The molecule has 16 heavy (non-hydrogen) atoms. The summed E-state index contributed by atoms with van der Waals surface area (Å²) in [6.45, 7) is 6.21. The molecule has 0 spiro atoms. The third-order valence-corrected chi connectivity index (χ3v) is 2.34. The molecule has 0 radical (unpaired) electrons. The molecule has 0 aliphatic carbocycles. The van der Waals surface area contributed by atoms with Crippen molar-refractivity contribution in [2.75, 3.05) is 20.7 Å². The van der Waals surface area contributed by atoms with Crippen LogP contribution in [0.25, 0.3) is 0 Å². The molecule has 0 N–H and O–H groups in total. The molecular weight excluding hydrogens is 205 g/mol. The Labute approximate surface area is 97.0 Å². The summed E-state index contributed by atoms with van der Waals surface area (Å²) in [4.78, 5) is 2.22. The Morgan fingerprint density at radius 2 is 2.06 bits per heavy atom. The van der Waals surface area contributed by atoms with Crippen LogP contribution in [-0.4, -0.2) is 25.6 Å². The average Bonchev–Trinajstić information content (AvgIpc) is 2.19. The van der Waals surface area contributed by atoms with Crippen molar-refractivity contribution in [3.8, 4) is 5.75 Å². The zero-order valence-electron chi connectivity index (χ0n) is 10.5. The molecule has 0 saturated carbocycles. The second kappa shape index (κ2) is 5.85. The fourth-order valence-corrected chi connectivity index (χ4v) is 1.80. The van der Waals surface area contributed by atoms with Gasteiger partial charge in [0.05, 0.1) is 7.11 Å². The van der Waals surface area contributed by atoms with Gasteiger partial charge in [-0.05, 0) is 30.7 Å². The number of benzene rings is 1. The molecule has 0 atom stereocenters. The van der Waals surface area contributed by atoms with Crippen LogP contribution in [0.5, 0.6) is 5.75 Å². The van der Waals surface area contributed by atoms with Crippen molar-refractivity contribution in [2.24, 2.45) is 5.92 Å². The van der Waals surface area contributed by atoms with E-state index < -0.39 is 0 Å². The lowest BCUT2D eigenvalue weighted by atomic mass is 10.1. The van der Waals surface area contributed by atoms with E-state index in [1.54, 1.807) is 12.1 Å². The van der Waals surface area contributed by atoms with Crippen molar-refractivity contribution < 1.29 is 9.13 Å². The average molecular weight is 225 g/mol. The molecule has 2 nitrogen and oxygen atoms in total. The number of rotatable bonds is 5. The number of hydrogen-bond acceptors (Lipinski definition) is 2. The lowest BCUT2D eigenvalue weighted by Gasteiger charge is -2.19. The largest absolute Gasteiger partial charge is 0.494 e. The molecule has 0 aromatic heterocycles. The van der Waals surface area contributed by atoms with Crippen LogP contribution in [0.4, 0.5) is 4.39 Å². The van der Waals surface area contributed by atoms with E-state index in [1.807, 2.05) is 0 Å². The van der Waals surface area contributed by atoms with Gasteiger partial charge in [-0.25, -0.2) is 4.39 Å². The zero-order chi connectivity index (χ0) is 12.1. The normalized spacial score (nSPS) is 11.2. The Balaban J connectivity index is 2.67. The van der Waals surface area contributed by atoms with Gasteiger partial charge in [0.2, 0.25) is 0 Å². The molecule has 1 rings (SSSR count). The Morgan fingerprint density at radius 1 is 1.38 bits per heavy atom. The minimum absolute atomic E-state index is 0.308. The fourth-order valence-electron chi connectivity index (χ4n) is 1.80. The number of ether oxygens (including phenoxy) is 1. The first-order chi connectivity index (χ1) is 7.52. The maximum atomic E-state index is 13.2. The van der Waals surface area contributed by atoms with E-state index in [9.17, 15) is 4.39 Å². The topological polar surface area (TPSA) is 12.5 Å². The van der Waals surface area contributed by atoms with E-state index in [2.05, 4.69) is 25.8 Å². The highest BCUT2D eigenvalue weighted by Crippen LogP contribution is 2.19. The Hall–Kier alpha value is -1.09. The van der Waals surface area contributed by atoms with Crippen molar-refractivity contribution in [2.45, 2.75) is 20.4 Å². The van der Waals surface area contributed by atoms with Crippen LogP contribution in [0.3, 0.4) is 0 Å².